The van der Waals surface area contributed by atoms with E-state index in [9.17, 15) is 13.2 Å². The van der Waals surface area contributed by atoms with Crippen molar-refractivity contribution in [2.75, 3.05) is 16.2 Å². The van der Waals surface area contributed by atoms with Crippen LogP contribution in [0.2, 0.25) is 10.0 Å². The molecular weight excluding hydrogens is 459 g/mol. The fourth-order valence-electron chi connectivity index (χ4n) is 3.26. The van der Waals surface area contributed by atoms with Crippen LogP contribution in [-0.4, -0.2) is 27.0 Å². The van der Waals surface area contributed by atoms with Crippen LogP contribution in [-0.2, 0) is 20.6 Å². The molecule has 1 atom stereocenters. The van der Waals surface area contributed by atoms with Crippen molar-refractivity contribution < 1.29 is 17.9 Å². The molecule has 0 saturated carbocycles. The monoisotopic (exact) mass is 476 g/mol. The van der Waals surface area contributed by atoms with Gasteiger partial charge in [-0.15, -0.1) is 0 Å². The maximum atomic E-state index is 13.2. The van der Waals surface area contributed by atoms with Gasteiger partial charge in [0.2, 0.25) is 10.0 Å². The summed E-state index contributed by atoms with van der Waals surface area (Å²) < 4.78 is 33.5. The highest BCUT2D eigenvalue weighted by molar-refractivity contribution is 7.92. The second-order valence-electron chi connectivity index (χ2n) is 6.97. The zero-order chi connectivity index (χ0) is 22.0. The SMILES string of the molecule is O=C(Nc1ccc(Cl)c(Cl)c1)C1CN(S(=O)(=O)Cc2ccccc2)c2ccccc2O1. The van der Waals surface area contributed by atoms with Crippen LogP contribution >= 0.6 is 23.2 Å². The molecular formula is C22H18Cl2N2O4S. The Balaban J connectivity index is 1.60. The summed E-state index contributed by atoms with van der Waals surface area (Å²) >= 11 is 11.9. The van der Waals surface area contributed by atoms with E-state index in [0.29, 0.717) is 32.7 Å². The summed E-state index contributed by atoms with van der Waals surface area (Å²) in [7, 11) is -3.77. The van der Waals surface area contributed by atoms with Crippen LogP contribution in [0.3, 0.4) is 0 Å². The Morgan fingerprint density at radius 1 is 1.00 bits per heavy atom. The molecule has 1 aliphatic rings. The molecule has 9 heteroatoms. The second-order valence-corrected chi connectivity index (χ2v) is 9.67. The molecule has 31 heavy (non-hydrogen) atoms. The number of halogens is 2. The molecule has 0 spiro atoms. The Labute approximate surface area is 190 Å². The number of hydrogen-bond acceptors (Lipinski definition) is 4. The van der Waals surface area contributed by atoms with E-state index in [2.05, 4.69) is 5.32 Å². The summed E-state index contributed by atoms with van der Waals surface area (Å²) in [5.74, 6) is -0.365. The van der Waals surface area contributed by atoms with Crippen molar-refractivity contribution in [1.29, 1.82) is 0 Å². The number of nitrogens with one attached hydrogen (secondary N) is 1. The van der Waals surface area contributed by atoms with E-state index < -0.39 is 22.0 Å². The number of ether oxygens (including phenoxy) is 1. The number of rotatable bonds is 5. The van der Waals surface area contributed by atoms with Crippen molar-refractivity contribution in [1.82, 2.24) is 0 Å². The molecule has 0 saturated heterocycles. The number of carbonyl (C=O) groups is 1. The molecule has 0 bridgehead atoms. The minimum Gasteiger partial charge on any atom is -0.476 e. The Kier molecular flexibility index (Phi) is 6.09. The van der Waals surface area contributed by atoms with Crippen LogP contribution in [0, 0.1) is 0 Å². The van der Waals surface area contributed by atoms with Gasteiger partial charge in [0.05, 0.1) is 28.0 Å². The van der Waals surface area contributed by atoms with Crippen LogP contribution in [0.15, 0.2) is 72.8 Å². The fraction of sp³-hybridized carbons (Fsp3) is 0.136. The third-order valence-corrected chi connectivity index (χ3v) is 7.20. The first kappa shape index (κ1) is 21.5. The Morgan fingerprint density at radius 3 is 2.45 bits per heavy atom. The number of benzene rings is 3. The number of amides is 1. The summed E-state index contributed by atoms with van der Waals surface area (Å²) in [6.07, 6.45) is -1.05. The predicted molar refractivity (Wildman–Crippen MR) is 122 cm³/mol. The summed E-state index contributed by atoms with van der Waals surface area (Å²) in [6.45, 7) is -0.153. The van der Waals surface area contributed by atoms with E-state index in [1.165, 1.54) is 10.4 Å². The highest BCUT2D eigenvalue weighted by Crippen LogP contribution is 2.36. The predicted octanol–water partition coefficient (Wildman–Crippen LogP) is 4.73. The molecule has 1 N–H and O–H groups in total. The number of nitrogens with zero attached hydrogens (tertiary/aromatic N) is 1. The molecule has 6 nitrogen and oxygen atoms in total. The first-order valence-electron chi connectivity index (χ1n) is 9.39. The summed E-state index contributed by atoms with van der Waals surface area (Å²) in [5, 5.41) is 3.36. The zero-order valence-corrected chi connectivity index (χ0v) is 18.5. The molecule has 1 heterocycles. The van der Waals surface area contributed by atoms with Crippen LogP contribution < -0.4 is 14.4 Å². The van der Waals surface area contributed by atoms with Gasteiger partial charge in [-0.1, -0.05) is 65.7 Å². The molecule has 1 aliphatic heterocycles. The number of anilines is 2. The van der Waals surface area contributed by atoms with E-state index >= 15 is 0 Å². The van der Waals surface area contributed by atoms with E-state index in [0.717, 1.165) is 0 Å². The Bertz CT molecular complexity index is 1220. The molecule has 0 radical (unpaired) electrons. The van der Waals surface area contributed by atoms with Gasteiger partial charge in [0.1, 0.15) is 5.75 Å². The lowest BCUT2D eigenvalue weighted by Gasteiger charge is -2.34. The maximum Gasteiger partial charge on any atom is 0.267 e. The lowest BCUT2D eigenvalue weighted by molar-refractivity contribution is -0.122. The Morgan fingerprint density at radius 2 is 1.71 bits per heavy atom. The van der Waals surface area contributed by atoms with Gasteiger partial charge < -0.3 is 10.1 Å². The molecule has 0 aromatic heterocycles. The van der Waals surface area contributed by atoms with Gasteiger partial charge in [0.15, 0.2) is 6.10 Å². The number of hydrogen-bond donors (Lipinski definition) is 1. The Hall–Kier alpha value is -2.74. The molecule has 0 fully saturated rings. The lowest BCUT2D eigenvalue weighted by atomic mass is 10.2. The van der Waals surface area contributed by atoms with Crippen LogP contribution in [0.4, 0.5) is 11.4 Å². The van der Waals surface area contributed by atoms with Gasteiger partial charge in [-0.3, -0.25) is 9.10 Å². The van der Waals surface area contributed by atoms with Crippen molar-refractivity contribution in [3.05, 3.63) is 88.4 Å². The number of para-hydroxylation sites is 2. The van der Waals surface area contributed by atoms with Crippen molar-refractivity contribution >= 4 is 50.5 Å². The van der Waals surface area contributed by atoms with E-state index in [1.807, 2.05) is 6.07 Å². The van der Waals surface area contributed by atoms with Crippen molar-refractivity contribution in [2.45, 2.75) is 11.9 Å². The summed E-state index contributed by atoms with van der Waals surface area (Å²) in [5.41, 5.74) is 1.49. The third-order valence-electron chi connectivity index (χ3n) is 4.74. The minimum absolute atomic E-state index is 0.153. The smallest absolute Gasteiger partial charge is 0.267 e. The van der Waals surface area contributed by atoms with Gasteiger partial charge in [0, 0.05) is 5.69 Å². The van der Waals surface area contributed by atoms with Crippen LogP contribution in [0.1, 0.15) is 5.56 Å². The van der Waals surface area contributed by atoms with Crippen molar-refractivity contribution in [3.8, 4) is 5.75 Å². The van der Waals surface area contributed by atoms with Gasteiger partial charge >= 0.3 is 0 Å². The third kappa shape index (κ3) is 4.79. The largest absolute Gasteiger partial charge is 0.476 e. The quantitative estimate of drug-likeness (QED) is 0.577. The van der Waals surface area contributed by atoms with E-state index in [1.54, 1.807) is 60.7 Å². The molecule has 1 unspecified atom stereocenters. The normalized spacial score (nSPS) is 15.7. The number of fused-ring (bicyclic) bond motifs is 1. The van der Waals surface area contributed by atoms with Crippen LogP contribution in [0.25, 0.3) is 0 Å². The molecule has 4 rings (SSSR count). The zero-order valence-electron chi connectivity index (χ0n) is 16.2. The molecule has 160 valence electrons. The van der Waals surface area contributed by atoms with E-state index in [4.69, 9.17) is 27.9 Å². The van der Waals surface area contributed by atoms with E-state index in [-0.39, 0.29) is 12.3 Å². The topological polar surface area (TPSA) is 75.7 Å². The first-order chi connectivity index (χ1) is 14.8. The summed E-state index contributed by atoms with van der Waals surface area (Å²) in [4.78, 5) is 12.9. The van der Waals surface area contributed by atoms with Gasteiger partial charge in [-0.2, -0.15) is 0 Å². The minimum atomic E-state index is -3.77. The average molecular weight is 477 g/mol. The standard InChI is InChI=1S/C22H18Cl2N2O4S/c23-17-11-10-16(12-18(17)24)25-22(27)21-13-26(19-8-4-5-9-20(19)30-21)31(28,29)14-15-6-2-1-3-7-15/h1-12,21H,13-14H2,(H,25,27). The molecule has 3 aromatic rings. The molecule has 0 aliphatic carbocycles. The first-order valence-corrected chi connectivity index (χ1v) is 11.8. The molecule has 3 aromatic carbocycles. The number of carbonyl (C=O) groups excluding carboxylic acids is 1. The lowest BCUT2D eigenvalue weighted by Crippen LogP contribution is -2.49. The van der Waals surface area contributed by atoms with Crippen LogP contribution in [0.5, 0.6) is 5.75 Å². The maximum absolute atomic E-state index is 13.2. The highest BCUT2D eigenvalue weighted by Gasteiger charge is 2.36. The van der Waals surface area contributed by atoms with Gasteiger partial charge in [-0.25, -0.2) is 8.42 Å². The highest BCUT2D eigenvalue weighted by atomic mass is 35.5. The average Bonchev–Trinajstić information content (AvgIpc) is 2.76. The van der Waals surface area contributed by atoms with Crippen molar-refractivity contribution in [3.63, 3.8) is 0 Å². The fourth-order valence-corrected chi connectivity index (χ4v) is 5.14. The number of sulfonamides is 1. The molecule has 1 amide bonds. The second kappa shape index (κ2) is 8.78. The van der Waals surface area contributed by atoms with Gasteiger partial charge in [0.25, 0.3) is 5.91 Å². The van der Waals surface area contributed by atoms with Crippen molar-refractivity contribution in [2.24, 2.45) is 0 Å². The van der Waals surface area contributed by atoms with Gasteiger partial charge in [-0.05, 0) is 35.9 Å². The summed E-state index contributed by atoms with van der Waals surface area (Å²) in [6, 6.07) is 20.3.